The molecule has 1 amide bonds. The third-order valence-electron chi connectivity index (χ3n) is 3.68. The van der Waals surface area contributed by atoms with Gasteiger partial charge in [0.05, 0.1) is 0 Å². The number of hydrogen-bond donors (Lipinski definition) is 2. The molecular weight excluding hydrogens is 336 g/mol. The van der Waals surface area contributed by atoms with E-state index in [-0.39, 0.29) is 5.91 Å². The second kappa shape index (κ2) is 6.96. The fourth-order valence-corrected chi connectivity index (χ4v) is 3.79. The number of carbonyl (C=O) groups is 1. The molecule has 1 aliphatic rings. The van der Waals surface area contributed by atoms with Gasteiger partial charge < -0.3 is 11.1 Å². The molecule has 0 aliphatic heterocycles. The molecule has 1 aromatic carbocycles. The van der Waals surface area contributed by atoms with Crippen LogP contribution in [0.2, 0.25) is 0 Å². The fraction of sp³-hybridized carbons (Fsp3) is 0.533. The average molecular weight is 357 g/mol. The quantitative estimate of drug-likeness (QED) is 0.703. The summed E-state index contributed by atoms with van der Waals surface area (Å²) in [4.78, 5) is 13.2. The number of thioether (sulfide) groups is 1. The van der Waals surface area contributed by atoms with Gasteiger partial charge in [-0.3, -0.25) is 4.79 Å². The lowest BCUT2D eigenvalue weighted by Crippen LogP contribution is -2.59. The molecule has 1 aromatic rings. The molecule has 2 rings (SSSR count). The van der Waals surface area contributed by atoms with E-state index in [0.717, 1.165) is 35.2 Å². The van der Waals surface area contributed by atoms with Gasteiger partial charge in [0, 0.05) is 15.1 Å². The zero-order chi connectivity index (χ0) is 14.6. The van der Waals surface area contributed by atoms with Crippen LogP contribution < -0.4 is 11.1 Å². The number of nitrogens with two attached hydrogens (primary N) is 1. The van der Waals surface area contributed by atoms with Crippen LogP contribution in [0.1, 0.15) is 26.2 Å². The minimum absolute atomic E-state index is 0.210. The number of benzene rings is 1. The molecule has 1 fully saturated rings. The van der Waals surface area contributed by atoms with Crippen LogP contribution >= 0.6 is 27.7 Å². The Morgan fingerprint density at radius 2 is 2.10 bits per heavy atom. The largest absolute Gasteiger partial charge is 0.368 e. The maximum Gasteiger partial charge on any atom is 0.238 e. The van der Waals surface area contributed by atoms with E-state index in [9.17, 15) is 4.79 Å². The first-order valence-corrected chi connectivity index (χ1v) is 8.79. The van der Waals surface area contributed by atoms with Crippen molar-refractivity contribution in [2.45, 2.75) is 36.6 Å². The van der Waals surface area contributed by atoms with Crippen molar-refractivity contribution in [1.29, 1.82) is 0 Å². The lowest BCUT2D eigenvalue weighted by atomic mass is 9.94. The monoisotopic (exact) mass is 356 g/mol. The molecule has 3 nitrogen and oxygen atoms in total. The number of hydrogen-bond acceptors (Lipinski definition) is 3. The molecule has 3 N–H and O–H groups in total. The molecule has 0 heterocycles. The van der Waals surface area contributed by atoms with E-state index >= 15 is 0 Å². The first kappa shape index (κ1) is 15.9. The Hall–Kier alpha value is -0.520. The van der Waals surface area contributed by atoms with Gasteiger partial charge in [-0.05, 0) is 56.0 Å². The highest BCUT2D eigenvalue weighted by Crippen LogP contribution is 2.42. The average Bonchev–Trinajstić information content (AvgIpc) is 3.26. The molecule has 0 bridgehead atoms. The van der Waals surface area contributed by atoms with Gasteiger partial charge in [0.2, 0.25) is 5.91 Å². The summed E-state index contributed by atoms with van der Waals surface area (Å²) in [5, 5.41) is 3.42. The molecule has 1 atom stereocenters. The van der Waals surface area contributed by atoms with E-state index in [1.165, 1.54) is 0 Å². The third-order valence-corrected chi connectivity index (χ3v) is 5.42. The van der Waals surface area contributed by atoms with Gasteiger partial charge in [0.1, 0.15) is 5.54 Å². The predicted octanol–water partition coefficient (Wildman–Crippen LogP) is 3.17. The Morgan fingerprint density at radius 3 is 2.60 bits per heavy atom. The molecule has 110 valence electrons. The molecule has 20 heavy (non-hydrogen) atoms. The standard InChI is InChI=1S/C15H21BrN2OS/c1-2-9-18-15(14(17)19,11-3-4-11)10-20-13-7-5-12(16)6-8-13/h5-8,11,18H,2-4,9-10H2,1H3,(H2,17,19). The van der Waals surface area contributed by atoms with Crippen LogP contribution in [0.4, 0.5) is 0 Å². The molecule has 0 saturated heterocycles. The van der Waals surface area contributed by atoms with Gasteiger partial charge in [-0.1, -0.05) is 22.9 Å². The highest BCUT2D eigenvalue weighted by Gasteiger charge is 2.49. The smallest absolute Gasteiger partial charge is 0.238 e. The topological polar surface area (TPSA) is 55.1 Å². The summed E-state index contributed by atoms with van der Waals surface area (Å²) >= 11 is 5.13. The Morgan fingerprint density at radius 1 is 1.45 bits per heavy atom. The van der Waals surface area contributed by atoms with Gasteiger partial charge in [-0.2, -0.15) is 0 Å². The summed E-state index contributed by atoms with van der Waals surface area (Å²) < 4.78 is 1.06. The molecule has 1 aliphatic carbocycles. The Kier molecular flexibility index (Phi) is 5.52. The van der Waals surface area contributed by atoms with Gasteiger partial charge in [0.15, 0.2) is 0 Å². The maximum absolute atomic E-state index is 12.0. The van der Waals surface area contributed by atoms with Crippen molar-refractivity contribution in [2.75, 3.05) is 12.3 Å². The zero-order valence-corrected chi connectivity index (χ0v) is 14.1. The summed E-state index contributed by atoms with van der Waals surface area (Å²) in [6.07, 6.45) is 3.20. The lowest BCUT2D eigenvalue weighted by molar-refractivity contribution is -0.124. The maximum atomic E-state index is 12.0. The van der Waals surface area contributed by atoms with Crippen LogP contribution in [0, 0.1) is 5.92 Å². The van der Waals surface area contributed by atoms with Crippen LogP contribution in [0.15, 0.2) is 33.6 Å². The van der Waals surface area contributed by atoms with Gasteiger partial charge in [-0.25, -0.2) is 0 Å². The van der Waals surface area contributed by atoms with E-state index in [2.05, 4.69) is 40.3 Å². The lowest BCUT2D eigenvalue weighted by Gasteiger charge is -2.31. The van der Waals surface area contributed by atoms with Crippen molar-refractivity contribution in [3.05, 3.63) is 28.7 Å². The number of nitrogens with one attached hydrogen (secondary N) is 1. The Bertz CT molecular complexity index is 461. The summed E-state index contributed by atoms with van der Waals surface area (Å²) in [6.45, 7) is 2.94. The summed E-state index contributed by atoms with van der Waals surface area (Å²) in [7, 11) is 0. The van der Waals surface area contributed by atoms with Crippen LogP contribution in [0.25, 0.3) is 0 Å². The number of carbonyl (C=O) groups excluding carboxylic acids is 1. The summed E-state index contributed by atoms with van der Waals surface area (Å²) in [5.41, 5.74) is 5.17. The number of primary amides is 1. The van der Waals surface area contributed by atoms with Crippen molar-refractivity contribution in [1.82, 2.24) is 5.32 Å². The van der Waals surface area contributed by atoms with E-state index in [4.69, 9.17) is 5.73 Å². The second-order valence-electron chi connectivity index (χ2n) is 5.28. The van der Waals surface area contributed by atoms with Crippen molar-refractivity contribution in [2.24, 2.45) is 11.7 Å². The van der Waals surface area contributed by atoms with Crippen molar-refractivity contribution in [3.8, 4) is 0 Å². The molecule has 1 saturated carbocycles. The first-order valence-electron chi connectivity index (χ1n) is 7.02. The Balaban J connectivity index is 2.06. The third kappa shape index (κ3) is 3.77. The summed E-state index contributed by atoms with van der Waals surface area (Å²) in [5.74, 6) is 0.891. The van der Waals surface area contributed by atoms with Crippen molar-refractivity contribution < 1.29 is 4.79 Å². The van der Waals surface area contributed by atoms with Gasteiger partial charge in [-0.15, -0.1) is 11.8 Å². The fourth-order valence-electron chi connectivity index (χ4n) is 2.32. The van der Waals surface area contributed by atoms with Crippen LogP contribution in [-0.2, 0) is 4.79 Å². The number of halogens is 1. The van der Waals surface area contributed by atoms with E-state index < -0.39 is 5.54 Å². The van der Waals surface area contributed by atoms with E-state index in [1.807, 2.05) is 12.1 Å². The molecule has 0 radical (unpaired) electrons. The predicted molar refractivity (Wildman–Crippen MR) is 87.8 cm³/mol. The normalized spacial score (nSPS) is 17.7. The number of rotatable bonds is 8. The summed E-state index contributed by atoms with van der Waals surface area (Å²) in [6, 6.07) is 8.16. The molecule has 5 heteroatoms. The van der Waals surface area contributed by atoms with E-state index in [1.54, 1.807) is 11.8 Å². The minimum Gasteiger partial charge on any atom is -0.368 e. The van der Waals surface area contributed by atoms with Crippen LogP contribution in [-0.4, -0.2) is 23.7 Å². The first-order chi connectivity index (χ1) is 9.58. The second-order valence-corrected chi connectivity index (χ2v) is 7.24. The molecule has 1 unspecified atom stereocenters. The van der Waals surface area contributed by atoms with Crippen LogP contribution in [0.5, 0.6) is 0 Å². The number of amides is 1. The molecule has 0 aromatic heterocycles. The zero-order valence-electron chi connectivity index (χ0n) is 11.7. The molecule has 0 spiro atoms. The minimum atomic E-state index is -0.548. The van der Waals surface area contributed by atoms with Crippen molar-refractivity contribution in [3.63, 3.8) is 0 Å². The van der Waals surface area contributed by atoms with Gasteiger partial charge in [0.25, 0.3) is 0 Å². The molecular formula is C15H21BrN2OS. The van der Waals surface area contributed by atoms with Crippen molar-refractivity contribution >= 4 is 33.6 Å². The van der Waals surface area contributed by atoms with Gasteiger partial charge >= 0.3 is 0 Å². The van der Waals surface area contributed by atoms with E-state index in [0.29, 0.717) is 11.7 Å². The highest BCUT2D eigenvalue weighted by atomic mass is 79.9. The SMILES string of the molecule is CCCNC(CSc1ccc(Br)cc1)(C(N)=O)C1CC1. The van der Waals surface area contributed by atoms with Crippen LogP contribution in [0.3, 0.4) is 0 Å². The highest BCUT2D eigenvalue weighted by molar-refractivity contribution is 9.10. The Labute approximate surface area is 133 Å².